The van der Waals surface area contributed by atoms with E-state index in [4.69, 9.17) is 14.2 Å². The molecule has 0 N–H and O–H groups in total. The van der Waals surface area contributed by atoms with Crippen molar-refractivity contribution in [3.63, 3.8) is 0 Å². The Morgan fingerprint density at radius 1 is 1.12 bits per heavy atom. The topological polar surface area (TPSA) is 45.5 Å². The van der Waals surface area contributed by atoms with E-state index in [1.54, 1.807) is 41.2 Å². The third kappa shape index (κ3) is 3.20. The Balaban J connectivity index is 1.74. The van der Waals surface area contributed by atoms with Crippen LogP contribution in [-0.2, 0) is 13.5 Å². The second kappa shape index (κ2) is 6.67. The maximum absolute atomic E-state index is 12.8. The van der Waals surface area contributed by atoms with Gasteiger partial charge in [-0.2, -0.15) is 13.9 Å². The third-order valence-corrected chi connectivity index (χ3v) is 4.25. The molecule has 0 spiro atoms. The van der Waals surface area contributed by atoms with E-state index in [9.17, 15) is 8.78 Å². The molecule has 0 unspecified atom stereocenters. The molecule has 26 heavy (non-hydrogen) atoms. The highest BCUT2D eigenvalue weighted by molar-refractivity contribution is 5.74. The minimum absolute atomic E-state index is 0.118. The number of aryl methyl sites for hydroxylation is 1. The average molecular weight is 358 g/mol. The largest absolute Gasteiger partial charge is 0.454 e. The second-order valence-electron chi connectivity index (χ2n) is 5.90. The van der Waals surface area contributed by atoms with Gasteiger partial charge < -0.3 is 14.2 Å². The van der Waals surface area contributed by atoms with Crippen molar-refractivity contribution in [2.24, 2.45) is 7.05 Å². The number of fused-ring (bicyclic) bond motifs is 1. The van der Waals surface area contributed by atoms with Gasteiger partial charge in [-0.25, -0.2) is 0 Å². The van der Waals surface area contributed by atoms with Crippen LogP contribution < -0.4 is 14.2 Å². The minimum atomic E-state index is -2.90. The molecule has 0 amide bonds. The Kier molecular flexibility index (Phi) is 4.20. The highest BCUT2D eigenvalue weighted by Crippen LogP contribution is 2.39. The molecule has 5 nitrogen and oxygen atoms in total. The molecule has 0 saturated heterocycles. The SMILES string of the molecule is Cn1nccc1Cc1ccc(OC(F)F)c(-c2ccc3c(c2)OCO3)c1. The summed E-state index contributed by atoms with van der Waals surface area (Å²) >= 11 is 0. The molecule has 0 saturated carbocycles. The quantitative estimate of drug-likeness (QED) is 0.691. The standard InChI is InChI=1S/C19H16F2N2O3/c1-23-14(6-7-22-23)8-12-2-4-16(26-19(20)21)15(9-12)13-3-5-17-18(10-13)25-11-24-17/h2-7,9-10,19H,8,11H2,1H3. The number of nitrogens with zero attached hydrogens (tertiary/aromatic N) is 2. The van der Waals surface area contributed by atoms with Gasteiger partial charge in [-0.05, 0) is 41.5 Å². The lowest BCUT2D eigenvalue weighted by molar-refractivity contribution is -0.0494. The number of alkyl halides is 2. The van der Waals surface area contributed by atoms with Gasteiger partial charge in [0.15, 0.2) is 11.5 Å². The second-order valence-corrected chi connectivity index (χ2v) is 5.90. The molecule has 2 aromatic carbocycles. The van der Waals surface area contributed by atoms with Crippen molar-refractivity contribution in [1.29, 1.82) is 0 Å². The van der Waals surface area contributed by atoms with E-state index in [1.807, 2.05) is 19.2 Å². The smallest absolute Gasteiger partial charge is 0.387 e. The molecule has 0 bridgehead atoms. The van der Waals surface area contributed by atoms with Gasteiger partial charge in [0.1, 0.15) is 5.75 Å². The summed E-state index contributed by atoms with van der Waals surface area (Å²) in [7, 11) is 1.86. The number of aromatic nitrogens is 2. The highest BCUT2D eigenvalue weighted by Gasteiger charge is 2.18. The highest BCUT2D eigenvalue weighted by atomic mass is 19.3. The van der Waals surface area contributed by atoms with Crippen LogP contribution in [0, 0.1) is 0 Å². The molecular formula is C19H16F2N2O3. The molecule has 4 rings (SSSR count). The van der Waals surface area contributed by atoms with Gasteiger partial charge in [0.2, 0.25) is 6.79 Å². The van der Waals surface area contributed by atoms with Gasteiger partial charge in [0.05, 0.1) is 0 Å². The van der Waals surface area contributed by atoms with Crippen LogP contribution in [0.15, 0.2) is 48.7 Å². The van der Waals surface area contributed by atoms with E-state index in [-0.39, 0.29) is 12.5 Å². The van der Waals surface area contributed by atoms with E-state index in [1.165, 1.54) is 0 Å². The maximum atomic E-state index is 12.8. The normalized spacial score (nSPS) is 12.6. The van der Waals surface area contributed by atoms with Crippen LogP contribution in [0.1, 0.15) is 11.3 Å². The van der Waals surface area contributed by atoms with Gasteiger partial charge in [-0.15, -0.1) is 0 Å². The molecule has 0 aliphatic carbocycles. The Morgan fingerprint density at radius 2 is 1.96 bits per heavy atom. The molecule has 3 aromatic rings. The molecule has 2 heterocycles. The molecule has 0 atom stereocenters. The van der Waals surface area contributed by atoms with Crippen LogP contribution in [0.5, 0.6) is 17.2 Å². The minimum Gasteiger partial charge on any atom is -0.454 e. The lowest BCUT2D eigenvalue weighted by atomic mass is 9.99. The monoisotopic (exact) mass is 358 g/mol. The first-order valence-corrected chi connectivity index (χ1v) is 8.05. The fourth-order valence-corrected chi connectivity index (χ4v) is 2.96. The first kappa shape index (κ1) is 16.4. The van der Waals surface area contributed by atoms with Crippen LogP contribution in [0.25, 0.3) is 11.1 Å². The Bertz CT molecular complexity index is 940. The molecule has 1 aliphatic heterocycles. The zero-order valence-corrected chi connectivity index (χ0v) is 14.0. The summed E-state index contributed by atoms with van der Waals surface area (Å²) in [5.74, 6) is 1.34. The molecule has 0 fully saturated rings. The summed E-state index contributed by atoms with van der Waals surface area (Å²) in [4.78, 5) is 0. The zero-order chi connectivity index (χ0) is 18.1. The first-order valence-electron chi connectivity index (χ1n) is 8.05. The van der Waals surface area contributed by atoms with Gasteiger partial charge >= 0.3 is 6.61 Å². The fourth-order valence-electron chi connectivity index (χ4n) is 2.96. The predicted molar refractivity (Wildman–Crippen MR) is 90.6 cm³/mol. The van der Waals surface area contributed by atoms with E-state index in [0.717, 1.165) is 16.8 Å². The van der Waals surface area contributed by atoms with E-state index in [0.29, 0.717) is 23.5 Å². The van der Waals surface area contributed by atoms with Gasteiger partial charge in [-0.3, -0.25) is 4.68 Å². The number of benzene rings is 2. The summed E-state index contributed by atoms with van der Waals surface area (Å²) in [6.45, 7) is -2.75. The number of hydrogen-bond acceptors (Lipinski definition) is 4. The van der Waals surface area contributed by atoms with Crippen LogP contribution in [-0.4, -0.2) is 23.2 Å². The lowest BCUT2D eigenvalue weighted by Crippen LogP contribution is -2.04. The van der Waals surface area contributed by atoms with Crippen LogP contribution in [0.2, 0.25) is 0 Å². The van der Waals surface area contributed by atoms with Crippen molar-refractivity contribution in [2.75, 3.05) is 6.79 Å². The van der Waals surface area contributed by atoms with Gasteiger partial charge in [-0.1, -0.05) is 12.1 Å². The van der Waals surface area contributed by atoms with Gasteiger partial charge in [0, 0.05) is 30.9 Å². The van der Waals surface area contributed by atoms with Crippen molar-refractivity contribution in [3.05, 3.63) is 59.9 Å². The third-order valence-electron chi connectivity index (χ3n) is 4.25. The van der Waals surface area contributed by atoms with E-state index in [2.05, 4.69) is 5.10 Å². The Morgan fingerprint density at radius 3 is 2.73 bits per heavy atom. The summed E-state index contributed by atoms with van der Waals surface area (Å²) in [6, 6.07) is 12.4. The van der Waals surface area contributed by atoms with Crippen molar-refractivity contribution >= 4 is 0 Å². The zero-order valence-electron chi connectivity index (χ0n) is 14.0. The molecular weight excluding hydrogens is 342 g/mol. The predicted octanol–water partition coefficient (Wildman–Crippen LogP) is 4.01. The van der Waals surface area contributed by atoms with Gasteiger partial charge in [0.25, 0.3) is 0 Å². The summed E-state index contributed by atoms with van der Waals surface area (Å²) in [5, 5.41) is 4.15. The Labute approximate surface area is 148 Å². The lowest BCUT2D eigenvalue weighted by Gasteiger charge is -2.13. The summed E-state index contributed by atoms with van der Waals surface area (Å²) < 4.78 is 42.8. The molecule has 0 radical (unpaired) electrons. The first-order chi connectivity index (χ1) is 12.6. The van der Waals surface area contributed by atoms with Crippen LogP contribution in [0.4, 0.5) is 8.78 Å². The molecule has 1 aliphatic rings. The van der Waals surface area contributed by atoms with Crippen molar-refractivity contribution in [3.8, 4) is 28.4 Å². The van der Waals surface area contributed by atoms with Crippen LogP contribution >= 0.6 is 0 Å². The number of halogens is 2. The Hall–Kier alpha value is -3.09. The number of ether oxygens (including phenoxy) is 3. The number of rotatable bonds is 5. The molecule has 1 aromatic heterocycles. The van der Waals surface area contributed by atoms with Crippen molar-refractivity contribution in [1.82, 2.24) is 9.78 Å². The van der Waals surface area contributed by atoms with E-state index < -0.39 is 6.61 Å². The molecule has 7 heteroatoms. The summed E-state index contributed by atoms with van der Waals surface area (Å²) in [6.07, 6.45) is 2.35. The van der Waals surface area contributed by atoms with Crippen molar-refractivity contribution in [2.45, 2.75) is 13.0 Å². The fraction of sp³-hybridized carbons (Fsp3) is 0.211. The summed E-state index contributed by atoms with van der Waals surface area (Å²) in [5.41, 5.74) is 3.27. The van der Waals surface area contributed by atoms with Crippen LogP contribution in [0.3, 0.4) is 0 Å². The van der Waals surface area contributed by atoms with Crippen molar-refractivity contribution < 1.29 is 23.0 Å². The maximum Gasteiger partial charge on any atom is 0.387 e. The molecule has 134 valence electrons. The average Bonchev–Trinajstić information content (AvgIpc) is 3.24. The van der Waals surface area contributed by atoms with E-state index >= 15 is 0 Å². The number of hydrogen-bond donors (Lipinski definition) is 0.